The van der Waals surface area contributed by atoms with Crippen molar-refractivity contribution in [1.82, 2.24) is 4.57 Å². The van der Waals surface area contributed by atoms with Crippen LogP contribution in [0.5, 0.6) is 5.75 Å². The lowest BCUT2D eigenvalue weighted by molar-refractivity contribution is 0.0998. The predicted octanol–water partition coefficient (Wildman–Crippen LogP) is 5.26. The van der Waals surface area contributed by atoms with Crippen molar-refractivity contribution in [3.8, 4) is 22.7 Å². The fourth-order valence-corrected chi connectivity index (χ4v) is 3.93. The van der Waals surface area contributed by atoms with Gasteiger partial charge in [0.1, 0.15) is 5.75 Å². The van der Waals surface area contributed by atoms with Gasteiger partial charge in [-0.15, -0.1) is 11.3 Å². The van der Waals surface area contributed by atoms with Crippen molar-refractivity contribution in [3.63, 3.8) is 0 Å². The number of hydrogen-bond acceptors (Lipinski definition) is 3. The third-order valence-corrected chi connectivity index (χ3v) is 5.43. The minimum absolute atomic E-state index is 0.259. The Labute approximate surface area is 173 Å². The van der Waals surface area contributed by atoms with Crippen LogP contribution in [-0.2, 0) is 0 Å². The van der Waals surface area contributed by atoms with Crippen molar-refractivity contribution < 1.29 is 9.53 Å². The fraction of sp³-hybridized carbons (Fsp3) is 0.0833. The van der Waals surface area contributed by atoms with Crippen LogP contribution in [-0.4, -0.2) is 17.6 Å². The highest BCUT2D eigenvalue weighted by atomic mass is 32.1. The van der Waals surface area contributed by atoms with Crippen LogP contribution in [0.2, 0.25) is 0 Å². The number of carbonyl (C=O) groups is 1. The highest BCUT2D eigenvalue weighted by Crippen LogP contribution is 2.25. The number of nitrogens with zero attached hydrogens (tertiary/aromatic N) is 2. The predicted molar refractivity (Wildman–Crippen MR) is 117 cm³/mol. The van der Waals surface area contributed by atoms with Gasteiger partial charge in [-0.2, -0.15) is 4.99 Å². The van der Waals surface area contributed by atoms with E-state index < -0.39 is 0 Å². The van der Waals surface area contributed by atoms with Gasteiger partial charge in [0.25, 0.3) is 5.91 Å². The van der Waals surface area contributed by atoms with E-state index in [2.05, 4.69) is 36.2 Å². The first-order valence-corrected chi connectivity index (χ1v) is 10.1. The molecule has 0 unspecified atom stereocenters. The maximum atomic E-state index is 12.7. The van der Waals surface area contributed by atoms with Gasteiger partial charge in [0.15, 0.2) is 4.80 Å². The second kappa shape index (κ2) is 8.29. The number of aryl methyl sites for hydroxylation is 1. The zero-order valence-corrected chi connectivity index (χ0v) is 17.0. The Hall–Kier alpha value is -3.44. The van der Waals surface area contributed by atoms with E-state index in [-0.39, 0.29) is 5.91 Å². The summed E-state index contributed by atoms with van der Waals surface area (Å²) in [5, 5.41) is 2.03. The number of rotatable bonds is 4. The molecule has 0 atom stereocenters. The van der Waals surface area contributed by atoms with Crippen LogP contribution in [0.1, 0.15) is 15.9 Å². The van der Waals surface area contributed by atoms with E-state index in [0.29, 0.717) is 10.4 Å². The number of amides is 1. The second-order valence-electron chi connectivity index (χ2n) is 6.59. The number of benzene rings is 3. The summed E-state index contributed by atoms with van der Waals surface area (Å²) in [6.45, 7) is 2.06. The Morgan fingerprint density at radius 1 is 0.931 bits per heavy atom. The highest BCUT2D eigenvalue weighted by Gasteiger charge is 2.12. The molecule has 0 radical (unpaired) electrons. The molecule has 144 valence electrons. The molecule has 1 heterocycles. The number of ether oxygens (including phenoxy) is 1. The molecule has 0 aliphatic heterocycles. The lowest BCUT2D eigenvalue weighted by Gasteiger charge is -2.10. The first-order valence-electron chi connectivity index (χ1n) is 9.22. The Balaban J connectivity index is 1.88. The van der Waals surface area contributed by atoms with Crippen molar-refractivity contribution in [3.05, 3.63) is 100 Å². The molecule has 0 aliphatic rings. The zero-order valence-electron chi connectivity index (χ0n) is 16.2. The number of thiazole rings is 1. The molecule has 4 aromatic rings. The van der Waals surface area contributed by atoms with E-state index in [0.717, 1.165) is 22.7 Å². The Bertz CT molecular complexity index is 1190. The molecular weight excluding hydrogens is 380 g/mol. The average Bonchev–Trinajstić information content (AvgIpc) is 3.18. The first-order chi connectivity index (χ1) is 14.2. The van der Waals surface area contributed by atoms with Crippen LogP contribution >= 0.6 is 11.3 Å². The summed E-state index contributed by atoms with van der Waals surface area (Å²) in [5.74, 6) is 0.519. The maximum absolute atomic E-state index is 12.7. The molecule has 0 fully saturated rings. The summed E-state index contributed by atoms with van der Waals surface area (Å²) < 4.78 is 7.29. The molecule has 0 aliphatic carbocycles. The minimum Gasteiger partial charge on any atom is -0.497 e. The van der Waals surface area contributed by atoms with Gasteiger partial charge in [-0.1, -0.05) is 48.0 Å². The van der Waals surface area contributed by atoms with Gasteiger partial charge < -0.3 is 4.74 Å². The second-order valence-corrected chi connectivity index (χ2v) is 7.42. The summed E-state index contributed by atoms with van der Waals surface area (Å²) in [5.41, 5.74) is 4.74. The number of hydrogen-bond donors (Lipinski definition) is 0. The molecule has 1 aromatic heterocycles. The van der Waals surface area contributed by atoms with Crippen LogP contribution in [0, 0.1) is 6.92 Å². The van der Waals surface area contributed by atoms with Gasteiger partial charge in [0.05, 0.1) is 12.8 Å². The van der Waals surface area contributed by atoms with E-state index in [1.807, 2.05) is 52.4 Å². The van der Waals surface area contributed by atoms with Gasteiger partial charge in [-0.25, -0.2) is 0 Å². The SMILES string of the molecule is COc1ccc(-n2c(-c3ccc(C)cc3)csc2=NC(=O)c2ccccc2)cc1. The molecule has 0 bridgehead atoms. The Kier molecular flexibility index (Phi) is 5.40. The summed E-state index contributed by atoms with van der Waals surface area (Å²) in [4.78, 5) is 17.7. The van der Waals surface area contributed by atoms with Gasteiger partial charge >= 0.3 is 0 Å². The third kappa shape index (κ3) is 4.05. The van der Waals surface area contributed by atoms with Crippen molar-refractivity contribution >= 4 is 17.2 Å². The van der Waals surface area contributed by atoms with E-state index in [1.165, 1.54) is 16.9 Å². The Morgan fingerprint density at radius 2 is 1.62 bits per heavy atom. The molecular formula is C24H20N2O2S. The van der Waals surface area contributed by atoms with E-state index >= 15 is 0 Å². The zero-order chi connectivity index (χ0) is 20.2. The molecule has 0 N–H and O–H groups in total. The van der Waals surface area contributed by atoms with Crippen molar-refractivity contribution in [2.45, 2.75) is 6.92 Å². The van der Waals surface area contributed by atoms with Crippen molar-refractivity contribution in [2.24, 2.45) is 4.99 Å². The van der Waals surface area contributed by atoms with Crippen molar-refractivity contribution in [2.75, 3.05) is 7.11 Å². The smallest absolute Gasteiger partial charge is 0.279 e. The van der Waals surface area contributed by atoms with Gasteiger partial charge in [-0.3, -0.25) is 9.36 Å². The van der Waals surface area contributed by atoms with E-state index in [4.69, 9.17) is 4.74 Å². The normalized spacial score (nSPS) is 11.4. The average molecular weight is 401 g/mol. The molecule has 4 rings (SSSR count). The molecule has 5 heteroatoms. The quantitative estimate of drug-likeness (QED) is 0.469. The van der Waals surface area contributed by atoms with Gasteiger partial charge in [0, 0.05) is 16.6 Å². The van der Waals surface area contributed by atoms with Crippen LogP contribution in [0.25, 0.3) is 16.9 Å². The lowest BCUT2D eigenvalue weighted by atomic mass is 10.1. The molecule has 29 heavy (non-hydrogen) atoms. The van der Waals surface area contributed by atoms with E-state index in [9.17, 15) is 4.79 Å². The topological polar surface area (TPSA) is 43.6 Å². The third-order valence-electron chi connectivity index (χ3n) is 4.60. The molecule has 1 amide bonds. The standard InChI is InChI=1S/C24H20N2O2S/c1-17-8-10-18(11-9-17)22-16-29-24(25-23(27)19-6-4-3-5-7-19)26(22)20-12-14-21(28-2)15-13-20/h3-16H,1-2H3. The summed E-state index contributed by atoms with van der Waals surface area (Å²) in [6.07, 6.45) is 0. The Morgan fingerprint density at radius 3 is 2.28 bits per heavy atom. The fourth-order valence-electron chi connectivity index (χ4n) is 3.03. The molecule has 0 spiro atoms. The lowest BCUT2D eigenvalue weighted by Crippen LogP contribution is -2.16. The van der Waals surface area contributed by atoms with Crippen LogP contribution < -0.4 is 9.54 Å². The molecule has 0 saturated carbocycles. The largest absolute Gasteiger partial charge is 0.497 e. The van der Waals surface area contributed by atoms with E-state index in [1.54, 1.807) is 19.2 Å². The van der Waals surface area contributed by atoms with Gasteiger partial charge in [0.2, 0.25) is 0 Å². The summed E-state index contributed by atoms with van der Waals surface area (Å²) in [6, 6.07) is 25.2. The molecule has 3 aromatic carbocycles. The highest BCUT2D eigenvalue weighted by molar-refractivity contribution is 7.07. The number of aromatic nitrogens is 1. The summed E-state index contributed by atoms with van der Waals surface area (Å²) >= 11 is 1.45. The number of carbonyl (C=O) groups excluding carboxylic acids is 1. The maximum Gasteiger partial charge on any atom is 0.279 e. The molecule has 0 saturated heterocycles. The summed E-state index contributed by atoms with van der Waals surface area (Å²) in [7, 11) is 1.64. The van der Waals surface area contributed by atoms with Crippen LogP contribution in [0.15, 0.2) is 89.2 Å². The first kappa shape index (κ1) is 18.9. The monoisotopic (exact) mass is 400 g/mol. The van der Waals surface area contributed by atoms with Crippen molar-refractivity contribution in [1.29, 1.82) is 0 Å². The van der Waals surface area contributed by atoms with Crippen LogP contribution in [0.3, 0.4) is 0 Å². The number of methoxy groups -OCH3 is 1. The van der Waals surface area contributed by atoms with Crippen LogP contribution in [0.4, 0.5) is 0 Å². The van der Waals surface area contributed by atoms with Gasteiger partial charge in [-0.05, 0) is 48.9 Å². The minimum atomic E-state index is -0.259. The molecule has 4 nitrogen and oxygen atoms in total.